The van der Waals surface area contributed by atoms with Crippen LogP contribution in [0.3, 0.4) is 0 Å². The normalized spacial score (nSPS) is 13.0. The molecule has 0 radical (unpaired) electrons. The third-order valence-electron chi connectivity index (χ3n) is 3.74. The van der Waals surface area contributed by atoms with Gasteiger partial charge in [0.2, 0.25) is 5.91 Å². The summed E-state index contributed by atoms with van der Waals surface area (Å²) in [6, 6.07) is 9.78. The van der Waals surface area contributed by atoms with Crippen molar-refractivity contribution in [1.82, 2.24) is 4.98 Å². The lowest BCUT2D eigenvalue weighted by atomic mass is 9.96. The van der Waals surface area contributed by atoms with E-state index in [1.54, 1.807) is 6.20 Å². The average Bonchev–Trinajstić information content (AvgIpc) is 2.86. The summed E-state index contributed by atoms with van der Waals surface area (Å²) in [4.78, 5) is 16.1. The topological polar surface area (TPSA) is 65.8 Å². The fraction of sp³-hybridized carbons (Fsp3) is 0.235. The maximum atomic E-state index is 11.6. The van der Waals surface area contributed by atoms with Crippen LogP contribution in [0.4, 0.5) is 5.69 Å². The van der Waals surface area contributed by atoms with Crippen molar-refractivity contribution in [3.63, 3.8) is 0 Å². The van der Waals surface area contributed by atoms with Crippen molar-refractivity contribution in [3.05, 3.63) is 47.2 Å². The fourth-order valence-corrected chi connectivity index (χ4v) is 2.66. The van der Waals surface area contributed by atoms with Crippen molar-refractivity contribution in [2.75, 3.05) is 5.32 Å². The molecule has 0 unspecified atom stereocenters. The highest BCUT2D eigenvalue weighted by molar-refractivity contribution is 6.01. The number of fused-ring (bicyclic) bond motifs is 1. The molecule has 2 heterocycles. The van der Waals surface area contributed by atoms with Crippen LogP contribution >= 0.6 is 0 Å². The van der Waals surface area contributed by atoms with Crippen molar-refractivity contribution in [3.8, 4) is 17.3 Å². The molecular formula is C17H15N3O. The number of hydrogen-bond acceptors (Lipinski definition) is 3. The number of pyridine rings is 1. The second-order valence-corrected chi connectivity index (χ2v) is 5.48. The Labute approximate surface area is 123 Å². The number of nitriles is 1. The molecule has 104 valence electrons. The van der Waals surface area contributed by atoms with Crippen molar-refractivity contribution in [2.24, 2.45) is 0 Å². The Kier molecular flexibility index (Phi) is 3.19. The van der Waals surface area contributed by atoms with Crippen LogP contribution in [0, 0.1) is 11.3 Å². The van der Waals surface area contributed by atoms with Gasteiger partial charge in [-0.25, -0.2) is 0 Å². The van der Waals surface area contributed by atoms with Gasteiger partial charge >= 0.3 is 0 Å². The molecule has 1 amide bonds. The van der Waals surface area contributed by atoms with Crippen molar-refractivity contribution >= 4 is 11.6 Å². The lowest BCUT2D eigenvalue weighted by Gasteiger charge is -2.11. The van der Waals surface area contributed by atoms with E-state index in [4.69, 9.17) is 0 Å². The molecule has 21 heavy (non-hydrogen) atoms. The zero-order chi connectivity index (χ0) is 15.0. The highest BCUT2D eigenvalue weighted by atomic mass is 16.1. The van der Waals surface area contributed by atoms with Crippen LogP contribution in [0.2, 0.25) is 0 Å². The molecule has 0 atom stereocenters. The Hall–Kier alpha value is -2.67. The van der Waals surface area contributed by atoms with Gasteiger partial charge in [-0.15, -0.1) is 0 Å². The number of anilines is 1. The first-order valence-electron chi connectivity index (χ1n) is 6.92. The number of hydrogen-bond donors (Lipinski definition) is 1. The molecule has 0 aliphatic carbocycles. The minimum absolute atomic E-state index is 0.00300. The maximum absolute atomic E-state index is 11.6. The summed E-state index contributed by atoms with van der Waals surface area (Å²) in [5, 5.41) is 12.2. The molecule has 1 aromatic heterocycles. The summed E-state index contributed by atoms with van der Waals surface area (Å²) in [7, 11) is 0. The van der Waals surface area contributed by atoms with E-state index in [1.807, 2.05) is 38.1 Å². The average molecular weight is 277 g/mol. The monoisotopic (exact) mass is 277 g/mol. The van der Waals surface area contributed by atoms with Gasteiger partial charge in [0.15, 0.2) is 0 Å². The highest BCUT2D eigenvalue weighted by Crippen LogP contribution is 2.33. The Morgan fingerprint density at radius 2 is 2.19 bits per heavy atom. The third kappa shape index (κ3) is 2.27. The van der Waals surface area contributed by atoms with Gasteiger partial charge in [-0.05, 0) is 29.2 Å². The molecule has 1 N–H and O–H groups in total. The molecule has 1 aliphatic heterocycles. The Morgan fingerprint density at radius 3 is 2.90 bits per heavy atom. The maximum Gasteiger partial charge on any atom is 0.228 e. The van der Waals surface area contributed by atoms with Crippen molar-refractivity contribution < 1.29 is 4.79 Å². The lowest BCUT2D eigenvalue weighted by Crippen LogP contribution is -2.03. The molecule has 4 heteroatoms. The molecule has 0 spiro atoms. The van der Waals surface area contributed by atoms with E-state index in [9.17, 15) is 10.1 Å². The number of rotatable bonds is 2. The largest absolute Gasteiger partial charge is 0.326 e. The second-order valence-electron chi connectivity index (χ2n) is 5.48. The molecule has 0 saturated heterocycles. The number of carbonyl (C=O) groups excluding carboxylic acids is 1. The van der Waals surface area contributed by atoms with Crippen LogP contribution in [-0.2, 0) is 11.2 Å². The Morgan fingerprint density at radius 1 is 1.38 bits per heavy atom. The van der Waals surface area contributed by atoms with E-state index in [0.29, 0.717) is 12.0 Å². The van der Waals surface area contributed by atoms with E-state index >= 15 is 0 Å². The molecule has 0 bridgehead atoms. The SMILES string of the molecule is CC(C)c1cnc(-c2cccc3c2CC(=O)N3)cc1C#N. The minimum atomic E-state index is -0.00300. The van der Waals surface area contributed by atoms with Gasteiger partial charge in [0.1, 0.15) is 0 Å². The number of carbonyl (C=O) groups is 1. The quantitative estimate of drug-likeness (QED) is 0.916. The van der Waals surface area contributed by atoms with Crippen LogP contribution in [0.25, 0.3) is 11.3 Å². The van der Waals surface area contributed by atoms with Crippen LogP contribution < -0.4 is 5.32 Å². The van der Waals surface area contributed by atoms with Crippen LogP contribution in [-0.4, -0.2) is 10.9 Å². The van der Waals surface area contributed by atoms with Gasteiger partial charge in [-0.3, -0.25) is 9.78 Å². The first-order chi connectivity index (χ1) is 10.1. The van der Waals surface area contributed by atoms with Crippen LogP contribution in [0.15, 0.2) is 30.5 Å². The summed E-state index contributed by atoms with van der Waals surface area (Å²) in [6.07, 6.45) is 2.13. The molecule has 2 aromatic rings. The number of nitrogens with zero attached hydrogens (tertiary/aromatic N) is 2. The van der Waals surface area contributed by atoms with Crippen LogP contribution in [0.1, 0.15) is 36.5 Å². The first-order valence-corrected chi connectivity index (χ1v) is 6.92. The summed E-state index contributed by atoms with van der Waals surface area (Å²) in [5.74, 6) is 0.252. The second kappa shape index (κ2) is 5.02. The van der Waals surface area contributed by atoms with E-state index in [1.165, 1.54) is 0 Å². The predicted molar refractivity (Wildman–Crippen MR) is 80.8 cm³/mol. The number of benzene rings is 1. The minimum Gasteiger partial charge on any atom is -0.326 e. The third-order valence-corrected chi connectivity index (χ3v) is 3.74. The number of nitrogens with one attached hydrogen (secondary N) is 1. The number of aromatic nitrogens is 1. The van der Waals surface area contributed by atoms with Crippen molar-refractivity contribution in [1.29, 1.82) is 5.26 Å². The smallest absolute Gasteiger partial charge is 0.228 e. The van der Waals surface area contributed by atoms with E-state index in [0.717, 1.165) is 28.1 Å². The summed E-state index contributed by atoms with van der Waals surface area (Å²) in [5.41, 5.74) is 5.04. The predicted octanol–water partition coefficient (Wildman–Crippen LogP) is 3.24. The highest BCUT2D eigenvalue weighted by Gasteiger charge is 2.22. The zero-order valence-corrected chi connectivity index (χ0v) is 12.0. The first kappa shape index (κ1) is 13.3. The van der Waals surface area contributed by atoms with E-state index < -0.39 is 0 Å². The molecule has 0 fully saturated rings. The molecular weight excluding hydrogens is 262 g/mol. The molecule has 1 aliphatic rings. The summed E-state index contributed by atoms with van der Waals surface area (Å²) >= 11 is 0. The van der Waals surface area contributed by atoms with Gasteiger partial charge in [0, 0.05) is 17.4 Å². The van der Waals surface area contributed by atoms with Gasteiger partial charge in [-0.2, -0.15) is 5.26 Å². The van der Waals surface area contributed by atoms with Crippen LogP contribution in [0.5, 0.6) is 0 Å². The molecule has 1 aromatic carbocycles. The zero-order valence-electron chi connectivity index (χ0n) is 12.0. The molecule has 0 saturated carbocycles. The molecule has 4 nitrogen and oxygen atoms in total. The van der Waals surface area contributed by atoms with E-state index in [2.05, 4.69) is 16.4 Å². The summed E-state index contributed by atoms with van der Waals surface area (Å²) in [6.45, 7) is 4.08. The van der Waals surface area contributed by atoms with Gasteiger partial charge in [0.05, 0.1) is 23.7 Å². The molecule has 3 rings (SSSR count). The Bertz CT molecular complexity index is 772. The lowest BCUT2D eigenvalue weighted by molar-refractivity contribution is -0.115. The van der Waals surface area contributed by atoms with Gasteiger partial charge in [-0.1, -0.05) is 26.0 Å². The fourth-order valence-electron chi connectivity index (χ4n) is 2.66. The van der Waals surface area contributed by atoms with E-state index in [-0.39, 0.29) is 11.8 Å². The standard InChI is InChI=1S/C17H15N3O/c1-10(2)14-9-19-16(6-11(14)8-18)12-4-3-5-15-13(12)7-17(21)20-15/h3-6,9-10H,7H2,1-2H3,(H,20,21). The summed E-state index contributed by atoms with van der Waals surface area (Å²) < 4.78 is 0. The van der Waals surface area contributed by atoms with Crippen molar-refractivity contribution in [2.45, 2.75) is 26.2 Å². The van der Waals surface area contributed by atoms with Gasteiger partial charge < -0.3 is 5.32 Å². The van der Waals surface area contributed by atoms with Gasteiger partial charge in [0.25, 0.3) is 0 Å². The Balaban J connectivity index is 2.13. The number of amides is 1.